The van der Waals surface area contributed by atoms with Crippen LogP contribution in [0.25, 0.3) is 0 Å². The Morgan fingerprint density at radius 3 is 2.30 bits per heavy atom. The van der Waals surface area contributed by atoms with E-state index in [1.807, 2.05) is 30.3 Å². The van der Waals surface area contributed by atoms with Gasteiger partial charge < -0.3 is 10.2 Å². The third kappa shape index (κ3) is 5.42. The molecule has 0 aliphatic rings. The van der Waals surface area contributed by atoms with Crippen LogP contribution < -0.4 is 10.2 Å². The van der Waals surface area contributed by atoms with Crippen molar-refractivity contribution in [3.63, 3.8) is 0 Å². The van der Waals surface area contributed by atoms with E-state index in [2.05, 4.69) is 5.32 Å². The molecule has 2 aromatic carbocycles. The maximum atomic E-state index is 11.9. The molecule has 1 N–H and O–H groups in total. The van der Waals surface area contributed by atoms with E-state index in [-0.39, 0.29) is 11.8 Å². The second-order valence-electron chi connectivity index (χ2n) is 5.16. The third-order valence-electron chi connectivity index (χ3n) is 3.38. The largest absolute Gasteiger partial charge is 0.354 e. The molecule has 2 amide bonds. The van der Waals surface area contributed by atoms with Crippen LogP contribution in [0.1, 0.15) is 12.5 Å². The summed E-state index contributed by atoms with van der Waals surface area (Å²) >= 11 is 5.86. The Morgan fingerprint density at radius 2 is 1.70 bits per heavy atom. The molecule has 0 fully saturated rings. The molecule has 23 heavy (non-hydrogen) atoms. The Hall–Kier alpha value is -2.33. The van der Waals surface area contributed by atoms with Crippen LogP contribution in [0, 0.1) is 0 Å². The van der Waals surface area contributed by atoms with Gasteiger partial charge in [-0.25, -0.2) is 0 Å². The summed E-state index contributed by atoms with van der Waals surface area (Å²) in [6.07, 6.45) is 0.335. The van der Waals surface area contributed by atoms with Gasteiger partial charge in [0.25, 0.3) is 0 Å². The molecule has 2 rings (SSSR count). The van der Waals surface area contributed by atoms with Crippen LogP contribution in [-0.2, 0) is 16.0 Å². The van der Waals surface area contributed by atoms with Gasteiger partial charge in [0.2, 0.25) is 11.8 Å². The first-order valence-electron chi connectivity index (χ1n) is 7.40. The minimum absolute atomic E-state index is 0.0594. The predicted molar refractivity (Wildman–Crippen MR) is 92.6 cm³/mol. The van der Waals surface area contributed by atoms with Gasteiger partial charge in [-0.3, -0.25) is 9.59 Å². The summed E-state index contributed by atoms with van der Waals surface area (Å²) in [6.45, 7) is 2.31. The summed E-state index contributed by atoms with van der Waals surface area (Å²) in [7, 11) is 0. The number of benzene rings is 2. The minimum Gasteiger partial charge on any atom is -0.354 e. The molecule has 0 unspecified atom stereocenters. The topological polar surface area (TPSA) is 49.4 Å². The number of carbonyl (C=O) groups is 2. The summed E-state index contributed by atoms with van der Waals surface area (Å²) < 4.78 is 0. The summed E-state index contributed by atoms with van der Waals surface area (Å²) in [6, 6.07) is 16.6. The van der Waals surface area contributed by atoms with Crippen LogP contribution in [0.2, 0.25) is 5.02 Å². The van der Waals surface area contributed by atoms with Gasteiger partial charge in [-0.15, -0.1) is 0 Å². The highest BCUT2D eigenvalue weighted by atomic mass is 35.5. The molecule has 120 valence electrons. The molecule has 4 nitrogen and oxygen atoms in total. The second kappa shape index (κ2) is 8.34. The van der Waals surface area contributed by atoms with Crippen molar-refractivity contribution in [1.29, 1.82) is 0 Å². The standard InChI is InChI=1S/C18H19ClN2O2/c1-14(22)21(17-9-7-16(19)8-10-17)12-11-20-18(23)13-15-5-3-2-4-6-15/h2-10H,11-13H2,1H3,(H,20,23). The van der Waals surface area contributed by atoms with Gasteiger partial charge in [0.05, 0.1) is 6.42 Å². The van der Waals surface area contributed by atoms with E-state index < -0.39 is 0 Å². The van der Waals surface area contributed by atoms with E-state index in [4.69, 9.17) is 11.6 Å². The number of halogens is 1. The Morgan fingerprint density at radius 1 is 1.04 bits per heavy atom. The average Bonchev–Trinajstić information content (AvgIpc) is 2.53. The van der Waals surface area contributed by atoms with Crippen molar-refractivity contribution >= 4 is 29.1 Å². The van der Waals surface area contributed by atoms with Crippen molar-refractivity contribution in [3.05, 3.63) is 65.2 Å². The Balaban J connectivity index is 1.86. The first kappa shape index (κ1) is 17.0. The maximum Gasteiger partial charge on any atom is 0.224 e. The molecule has 0 heterocycles. The monoisotopic (exact) mass is 330 g/mol. The highest BCUT2D eigenvalue weighted by Crippen LogP contribution is 2.17. The Bertz CT molecular complexity index is 656. The number of carbonyl (C=O) groups excluding carboxylic acids is 2. The van der Waals surface area contributed by atoms with Gasteiger partial charge in [-0.2, -0.15) is 0 Å². The molecule has 0 spiro atoms. The van der Waals surface area contributed by atoms with Gasteiger partial charge >= 0.3 is 0 Å². The summed E-state index contributed by atoms with van der Waals surface area (Å²) in [5, 5.41) is 3.46. The number of rotatable bonds is 6. The third-order valence-corrected chi connectivity index (χ3v) is 3.64. The van der Waals surface area contributed by atoms with Crippen LogP contribution in [0.5, 0.6) is 0 Å². The fourth-order valence-corrected chi connectivity index (χ4v) is 2.37. The van der Waals surface area contributed by atoms with Crippen molar-refractivity contribution in [1.82, 2.24) is 5.32 Å². The van der Waals surface area contributed by atoms with Crippen LogP contribution in [-0.4, -0.2) is 24.9 Å². The Labute approximate surface area is 141 Å². The number of amides is 2. The zero-order valence-electron chi connectivity index (χ0n) is 13.0. The predicted octanol–water partition coefficient (Wildman–Crippen LogP) is 3.05. The number of nitrogens with one attached hydrogen (secondary N) is 1. The highest BCUT2D eigenvalue weighted by molar-refractivity contribution is 6.30. The summed E-state index contributed by atoms with van der Waals surface area (Å²) in [5.74, 6) is -0.138. The first-order valence-corrected chi connectivity index (χ1v) is 7.78. The van der Waals surface area contributed by atoms with Crippen molar-refractivity contribution < 1.29 is 9.59 Å². The average molecular weight is 331 g/mol. The van der Waals surface area contributed by atoms with E-state index in [0.29, 0.717) is 24.5 Å². The molecule has 5 heteroatoms. The lowest BCUT2D eigenvalue weighted by Gasteiger charge is -2.21. The fraction of sp³-hybridized carbons (Fsp3) is 0.222. The normalized spacial score (nSPS) is 10.2. The molecule has 0 radical (unpaired) electrons. The van der Waals surface area contributed by atoms with E-state index in [9.17, 15) is 9.59 Å². The van der Waals surface area contributed by atoms with E-state index in [1.165, 1.54) is 6.92 Å². The number of nitrogens with zero attached hydrogens (tertiary/aromatic N) is 1. The Kier molecular flexibility index (Phi) is 6.18. The van der Waals surface area contributed by atoms with E-state index in [0.717, 1.165) is 11.3 Å². The summed E-state index contributed by atoms with van der Waals surface area (Å²) in [4.78, 5) is 25.3. The smallest absolute Gasteiger partial charge is 0.224 e. The lowest BCUT2D eigenvalue weighted by Crippen LogP contribution is -2.38. The molecule has 2 aromatic rings. The molecular weight excluding hydrogens is 312 g/mol. The second-order valence-corrected chi connectivity index (χ2v) is 5.60. The maximum absolute atomic E-state index is 11.9. The van der Waals surface area contributed by atoms with Crippen LogP contribution >= 0.6 is 11.6 Å². The number of hydrogen-bond acceptors (Lipinski definition) is 2. The minimum atomic E-state index is -0.0790. The SMILES string of the molecule is CC(=O)N(CCNC(=O)Cc1ccccc1)c1ccc(Cl)cc1. The molecular formula is C18H19ClN2O2. The van der Waals surface area contributed by atoms with Crippen LogP contribution in [0.4, 0.5) is 5.69 Å². The van der Waals surface area contributed by atoms with Crippen molar-refractivity contribution in [2.24, 2.45) is 0 Å². The van der Waals surface area contributed by atoms with Crippen molar-refractivity contribution in [3.8, 4) is 0 Å². The molecule has 0 saturated carbocycles. The molecule has 0 aliphatic heterocycles. The molecule has 0 atom stereocenters. The van der Waals surface area contributed by atoms with E-state index in [1.54, 1.807) is 29.2 Å². The number of hydrogen-bond donors (Lipinski definition) is 1. The molecule has 0 aromatic heterocycles. The lowest BCUT2D eigenvalue weighted by atomic mass is 10.1. The van der Waals surface area contributed by atoms with Gasteiger partial charge in [0.15, 0.2) is 0 Å². The molecule has 0 bridgehead atoms. The van der Waals surface area contributed by atoms with Gasteiger partial charge in [-0.1, -0.05) is 41.9 Å². The molecule has 0 saturated heterocycles. The van der Waals surface area contributed by atoms with Gasteiger partial charge in [0, 0.05) is 30.7 Å². The van der Waals surface area contributed by atoms with E-state index >= 15 is 0 Å². The summed E-state index contributed by atoms with van der Waals surface area (Å²) in [5.41, 5.74) is 1.73. The first-order chi connectivity index (χ1) is 11.1. The van der Waals surface area contributed by atoms with Crippen molar-refractivity contribution in [2.45, 2.75) is 13.3 Å². The van der Waals surface area contributed by atoms with Gasteiger partial charge in [-0.05, 0) is 29.8 Å². The molecule has 0 aliphatic carbocycles. The van der Waals surface area contributed by atoms with Gasteiger partial charge in [0.1, 0.15) is 0 Å². The van der Waals surface area contributed by atoms with Crippen LogP contribution in [0.15, 0.2) is 54.6 Å². The zero-order chi connectivity index (χ0) is 16.7. The fourth-order valence-electron chi connectivity index (χ4n) is 2.24. The quantitative estimate of drug-likeness (QED) is 0.885. The van der Waals surface area contributed by atoms with Crippen LogP contribution in [0.3, 0.4) is 0 Å². The zero-order valence-corrected chi connectivity index (χ0v) is 13.7. The number of anilines is 1. The lowest BCUT2D eigenvalue weighted by molar-refractivity contribution is -0.121. The highest BCUT2D eigenvalue weighted by Gasteiger charge is 2.11. The van der Waals surface area contributed by atoms with Crippen molar-refractivity contribution in [2.75, 3.05) is 18.0 Å².